The number of aromatic amines is 1. The van der Waals surface area contributed by atoms with Crippen molar-refractivity contribution < 1.29 is 9.47 Å². The number of imidazole rings is 1. The van der Waals surface area contributed by atoms with E-state index in [1.807, 2.05) is 18.2 Å². The fourth-order valence-corrected chi connectivity index (χ4v) is 4.14. The van der Waals surface area contributed by atoms with E-state index in [1.165, 1.54) is 0 Å². The average Bonchev–Trinajstić information content (AvgIpc) is 3.52. The van der Waals surface area contributed by atoms with Crippen LogP contribution in [0.15, 0.2) is 48.8 Å². The molecule has 0 bridgehead atoms. The van der Waals surface area contributed by atoms with Crippen molar-refractivity contribution in [3.63, 3.8) is 0 Å². The average molecular weight is 415 g/mol. The molecule has 0 amide bonds. The summed E-state index contributed by atoms with van der Waals surface area (Å²) in [7, 11) is 3.29. The van der Waals surface area contributed by atoms with Crippen LogP contribution in [0.2, 0.25) is 0 Å². The Kier molecular flexibility index (Phi) is 4.62. The minimum absolute atomic E-state index is 0.0289. The number of fused-ring (bicyclic) bond motifs is 1. The zero-order valence-electron chi connectivity index (χ0n) is 17.7. The number of methoxy groups -OCH3 is 2. The largest absolute Gasteiger partial charge is 0.494 e. The summed E-state index contributed by atoms with van der Waals surface area (Å²) in [6.07, 6.45) is 4.11. The lowest BCUT2D eigenvalue weighted by molar-refractivity contribution is 0.409. The number of hydrogen-bond acceptors (Lipinski definition) is 6. The van der Waals surface area contributed by atoms with Crippen LogP contribution in [0.4, 0.5) is 5.69 Å². The highest BCUT2D eigenvalue weighted by atomic mass is 16.5. The van der Waals surface area contributed by atoms with Gasteiger partial charge in [-0.3, -0.25) is 0 Å². The van der Waals surface area contributed by atoms with Crippen molar-refractivity contribution >= 4 is 16.7 Å². The molecule has 1 fully saturated rings. The maximum absolute atomic E-state index is 5.54. The number of hydrogen-bond donors (Lipinski definition) is 1. The Morgan fingerprint density at radius 1 is 1.16 bits per heavy atom. The number of aryl methyl sites for hydroxylation is 1. The summed E-state index contributed by atoms with van der Waals surface area (Å²) in [5.74, 6) is 2.26. The number of rotatable bonds is 5. The van der Waals surface area contributed by atoms with Crippen LogP contribution in [-0.2, 0) is 0 Å². The second kappa shape index (κ2) is 7.46. The lowest BCUT2D eigenvalue weighted by atomic mass is 10.1. The van der Waals surface area contributed by atoms with Gasteiger partial charge in [-0.25, -0.2) is 4.98 Å². The maximum Gasteiger partial charge on any atom is 0.146 e. The van der Waals surface area contributed by atoms with Crippen LogP contribution < -0.4 is 14.4 Å². The maximum atomic E-state index is 5.54. The predicted octanol–water partition coefficient (Wildman–Crippen LogP) is 3.78. The molecule has 157 valence electrons. The van der Waals surface area contributed by atoms with Gasteiger partial charge >= 0.3 is 0 Å². The molecule has 8 heteroatoms. The molecule has 0 unspecified atom stereocenters. The first-order chi connectivity index (χ1) is 15.1. The molecule has 4 aromatic rings. The lowest BCUT2D eigenvalue weighted by Crippen LogP contribution is -2.25. The lowest BCUT2D eigenvalue weighted by Gasteiger charge is -2.27. The third kappa shape index (κ3) is 3.20. The molecule has 1 aliphatic heterocycles. The summed E-state index contributed by atoms with van der Waals surface area (Å²) in [4.78, 5) is 12.3. The van der Waals surface area contributed by atoms with E-state index >= 15 is 0 Å². The standard InChI is InChI=1S/C23H23N6O2/c1-14-5-6-16(29-24-9-10-25-29)17(11-14)28-13-15(2)12-18(28)23-26-21-19(30-3)7-8-20(31-4)22(21)27-23/h5,7-11,18H,2,12-13H2,1,3-4H3,(H,26,27)/t18-/m0/s1. The van der Waals surface area contributed by atoms with E-state index in [9.17, 15) is 0 Å². The van der Waals surface area contributed by atoms with Crippen molar-refractivity contribution in [2.45, 2.75) is 19.4 Å². The summed E-state index contributed by atoms with van der Waals surface area (Å²) in [6, 6.07) is 11.1. The molecular weight excluding hydrogens is 392 g/mol. The smallest absolute Gasteiger partial charge is 0.146 e. The van der Waals surface area contributed by atoms with Gasteiger partial charge in [0.1, 0.15) is 34.0 Å². The van der Waals surface area contributed by atoms with Gasteiger partial charge in [0.15, 0.2) is 0 Å². The number of ether oxygens (including phenoxy) is 2. The predicted molar refractivity (Wildman–Crippen MR) is 118 cm³/mol. The molecule has 2 aromatic heterocycles. The van der Waals surface area contributed by atoms with Crippen molar-refractivity contribution in [2.24, 2.45) is 0 Å². The number of H-pyrrole nitrogens is 1. The van der Waals surface area contributed by atoms with E-state index in [1.54, 1.807) is 31.4 Å². The Morgan fingerprint density at radius 3 is 2.65 bits per heavy atom. The van der Waals surface area contributed by atoms with Crippen molar-refractivity contribution in [1.82, 2.24) is 25.0 Å². The van der Waals surface area contributed by atoms with Crippen molar-refractivity contribution in [2.75, 3.05) is 25.7 Å². The van der Waals surface area contributed by atoms with Crippen molar-refractivity contribution in [3.05, 3.63) is 66.3 Å². The van der Waals surface area contributed by atoms with E-state index in [2.05, 4.69) is 45.7 Å². The Bertz CT molecular complexity index is 1220. The van der Waals surface area contributed by atoms with Crippen LogP contribution in [0.5, 0.6) is 11.5 Å². The molecule has 8 nitrogen and oxygen atoms in total. The molecule has 2 aromatic carbocycles. The highest BCUT2D eigenvalue weighted by Gasteiger charge is 2.33. The van der Waals surface area contributed by atoms with Gasteiger partial charge in [0, 0.05) is 12.6 Å². The van der Waals surface area contributed by atoms with Gasteiger partial charge in [-0.05, 0) is 43.2 Å². The second-order valence-electron chi connectivity index (χ2n) is 7.64. The Labute approximate surface area is 180 Å². The molecule has 1 radical (unpaired) electrons. The SMILES string of the molecule is C=C1C[C@@H](c2nc3c(OC)ccc(OC)c3[nH]2)N(c2cc(C)c[c]c2-n2nccn2)C1. The summed E-state index contributed by atoms with van der Waals surface area (Å²) in [5, 5.41) is 8.63. The quantitative estimate of drug-likeness (QED) is 0.500. The molecule has 0 saturated carbocycles. The van der Waals surface area contributed by atoms with Gasteiger partial charge in [0.2, 0.25) is 0 Å². The minimum Gasteiger partial charge on any atom is -0.494 e. The summed E-state index contributed by atoms with van der Waals surface area (Å²) >= 11 is 0. The Balaban J connectivity index is 1.64. The summed E-state index contributed by atoms with van der Waals surface area (Å²) in [6.45, 7) is 7.02. The number of nitrogens with zero attached hydrogens (tertiary/aromatic N) is 5. The number of aromatic nitrogens is 5. The topological polar surface area (TPSA) is 81.1 Å². The van der Waals surface area contributed by atoms with E-state index in [4.69, 9.17) is 14.5 Å². The third-order valence-corrected chi connectivity index (χ3v) is 5.57. The molecule has 31 heavy (non-hydrogen) atoms. The molecule has 1 saturated heterocycles. The van der Waals surface area contributed by atoms with Crippen molar-refractivity contribution in [1.29, 1.82) is 0 Å². The van der Waals surface area contributed by atoms with Gasteiger partial charge < -0.3 is 19.4 Å². The van der Waals surface area contributed by atoms with Gasteiger partial charge in [-0.15, -0.1) is 4.80 Å². The van der Waals surface area contributed by atoms with E-state index in [0.29, 0.717) is 12.3 Å². The Hall–Kier alpha value is -3.81. The second-order valence-corrected chi connectivity index (χ2v) is 7.64. The molecule has 5 rings (SSSR count). The van der Waals surface area contributed by atoms with E-state index in [-0.39, 0.29) is 6.04 Å². The highest BCUT2D eigenvalue weighted by Crippen LogP contribution is 2.41. The van der Waals surface area contributed by atoms with E-state index in [0.717, 1.165) is 51.5 Å². The molecule has 1 atom stereocenters. The van der Waals surface area contributed by atoms with Gasteiger partial charge in [0.05, 0.1) is 38.3 Å². The fraction of sp³-hybridized carbons (Fsp3) is 0.261. The van der Waals surface area contributed by atoms with Crippen LogP contribution in [-0.4, -0.2) is 45.7 Å². The zero-order chi connectivity index (χ0) is 21.5. The summed E-state index contributed by atoms with van der Waals surface area (Å²) < 4.78 is 11.1. The Morgan fingerprint density at radius 2 is 1.90 bits per heavy atom. The fourth-order valence-electron chi connectivity index (χ4n) is 4.14. The van der Waals surface area contributed by atoms with Gasteiger partial charge in [0.25, 0.3) is 0 Å². The molecule has 0 aliphatic carbocycles. The third-order valence-electron chi connectivity index (χ3n) is 5.57. The zero-order valence-corrected chi connectivity index (χ0v) is 17.7. The first-order valence-electron chi connectivity index (χ1n) is 10.0. The first-order valence-corrected chi connectivity index (χ1v) is 10.0. The molecule has 3 heterocycles. The molecule has 0 spiro atoms. The number of benzene rings is 2. The van der Waals surface area contributed by atoms with Crippen LogP contribution in [0.25, 0.3) is 16.7 Å². The first kappa shape index (κ1) is 19.2. The monoisotopic (exact) mass is 415 g/mol. The van der Waals surface area contributed by atoms with Gasteiger partial charge in [-0.2, -0.15) is 10.2 Å². The van der Waals surface area contributed by atoms with Crippen molar-refractivity contribution in [3.8, 4) is 17.2 Å². The molecular formula is C23H23N6O2. The summed E-state index contributed by atoms with van der Waals surface area (Å²) in [5.41, 5.74) is 5.58. The van der Waals surface area contributed by atoms with Crippen LogP contribution in [0.3, 0.4) is 0 Å². The van der Waals surface area contributed by atoms with Crippen LogP contribution >= 0.6 is 0 Å². The van der Waals surface area contributed by atoms with Crippen LogP contribution in [0, 0.1) is 13.0 Å². The van der Waals surface area contributed by atoms with Crippen LogP contribution in [0.1, 0.15) is 23.9 Å². The highest BCUT2D eigenvalue weighted by molar-refractivity contribution is 5.87. The number of anilines is 1. The van der Waals surface area contributed by atoms with E-state index < -0.39 is 0 Å². The number of nitrogens with one attached hydrogen (secondary N) is 1. The van der Waals surface area contributed by atoms with Gasteiger partial charge in [-0.1, -0.05) is 12.2 Å². The molecule has 1 aliphatic rings. The normalized spacial score (nSPS) is 16.3. The molecule has 1 N–H and O–H groups in total. The minimum atomic E-state index is -0.0289.